The molecule has 3 rings (SSSR count). The lowest BCUT2D eigenvalue weighted by atomic mass is 10.2. The molecule has 0 saturated carbocycles. The van der Waals surface area contributed by atoms with Crippen LogP contribution in [0, 0.1) is 6.92 Å². The first-order chi connectivity index (χ1) is 13.1. The van der Waals surface area contributed by atoms with Crippen molar-refractivity contribution in [3.8, 4) is 17.1 Å². The lowest BCUT2D eigenvalue weighted by Crippen LogP contribution is -2.23. The second kappa shape index (κ2) is 8.93. The van der Waals surface area contributed by atoms with Crippen molar-refractivity contribution in [2.24, 2.45) is 0 Å². The van der Waals surface area contributed by atoms with Gasteiger partial charge >= 0.3 is 0 Å². The van der Waals surface area contributed by atoms with Gasteiger partial charge in [0.05, 0.1) is 18.8 Å². The van der Waals surface area contributed by atoms with Crippen LogP contribution in [-0.2, 0) is 17.8 Å². The molecule has 0 radical (unpaired) electrons. The minimum absolute atomic E-state index is 0.0841. The standard InChI is InChI=1S/C20H22N4O3/c1-3-26-17-9-7-15(8-10-17)20-23-19(27-24-20)12-11-18(25)21-13-16-6-4-5-14(2)22-16/h4-10H,3,11-13H2,1-2H3,(H,21,25). The fraction of sp³-hybridized carbons (Fsp3) is 0.300. The maximum absolute atomic E-state index is 12.0. The third kappa shape index (κ3) is 5.37. The van der Waals surface area contributed by atoms with Gasteiger partial charge in [-0.15, -0.1) is 0 Å². The zero-order chi connectivity index (χ0) is 19.1. The highest BCUT2D eigenvalue weighted by molar-refractivity contribution is 5.76. The summed E-state index contributed by atoms with van der Waals surface area (Å²) in [7, 11) is 0. The number of nitrogens with zero attached hydrogens (tertiary/aromatic N) is 3. The minimum atomic E-state index is -0.0841. The third-order valence-corrected chi connectivity index (χ3v) is 3.87. The van der Waals surface area contributed by atoms with E-state index in [0.29, 0.717) is 31.3 Å². The van der Waals surface area contributed by atoms with Crippen molar-refractivity contribution in [2.45, 2.75) is 33.2 Å². The van der Waals surface area contributed by atoms with E-state index in [-0.39, 0.29) is 12.3 Å². The van der Waals surface area contributed by atoms with Crippen LogP contribution in [0.25, 0.3) is 11.4 Å². The Kier molecular flexibility index (Phi) is 6.14. The Morgan fingerprint density at radius 1 is 1.15 bits per heavy atom. The number of rotatable bonds is 8. The summed E-state index contributed by atoms with van der Waals surface area (Å²) >= 11 is 0. The van der Waals surface area contributed by atoms with Gasteiger partial charge in [-0.2, -0.15) is 4.98 Å². The molecule has 0 aliphatic rings. The quantitative estimate of drug-likeness (QED) is 0.659. The zero-order valence-electron chi connectivity index (χ0n) is 15.4. The molecule has 2 aromatic heterocycles. The summed E-state index contributed by atoms with van der Waals surface area (Å²) in [5.74, 6) is 1.64. The number of hydrogen-bond donors (Lipinski definition) is 1. The first-order valence-corrected chi connectivity index (χ1v) is 8.89. The van der Waals surface area contributed by atoms with Gasteiger partial charge in [0.1, 0.15) is 5.75 Å². The SMILES string of the molecule is CCOc1ccc(-c2noc(CCC(=O)NCc3cccc(C)n3)n2)cc1. The average molecular weight is 366 g/mol. The van der Waals surface area contributed by atoms with Crippen LogP contribution in [0.2, 0.25) is 0 Å². The van der Waals surface area contributed by atoms with Crippen LogP contribution in [0.4, 0.5) is 0 Å². The predicted octanol–water partition coefficient (Wildman–Crippen LogP) is 3.09. The first-order valence-electron chi connectivity index (χ1n) is 8.89. The van der Waals surface area contributed by atoms with E-state index in [9.17, 15) is 4.79 Å². The maximum atomic E-state index is 12.0. The Hall–Kier alpha value is -3.22. The van der Waals surface area contributed by atoms with Gasteiger partial charge in [-0.1, -0.05) is 11.2 Å². The zero-order valence-corrected chi connectivity index (χ0v) is 15.4. The van der Waals surface area contributed by atoms with Crippen LogP contribution in [0.5, 0.6) is 5.75 Å². The number of hydrogen-bond acceptors (Lipinski definition) is 6. The summed E-state index contributed by atoms with van der Waals surface area (Å²) in [5.41, 5.74) is 2.59. The Morgan fingerprint density at radius 3 is 2.70 bits per heavy atom. The molecule has 1 N–H and O–H groups in total. The fourth-order valence-electron chi connectivity index (χ4n) is 2.54. The normalized spacial score (nSPS) is 10.6. The summed E-state index contributed by atoms with van der Waals surface area (Å²) in [6, 6.07) is 13.2. The molecule has 27 heavy (non-hydrogen) atoms. The molecular weight excluding hydrogens is 344 g/mol. The molecular formula is C20H22N4O3. The largest absolute Gasteiger partial charge is 0.494 e. The van der Waals surface area contributed by atoms with Gasteiger partial charge in [-0.3, -0.25) is 9.78 Å². The first kappa shape index (κ1) is 18.6. The van der Waals surface area contributed by atoms with Gasteiger partial charge < -0.3 is 14.6 Å². The van der Waals surface area contributed by atoms with E-state index < -0.39 is 0 Å². The number of aryl methyl sites for hydroxylation is 2. The number of pyridine rings is 1. The minimum Gasteiger partial charge on any atom is -0.494 e. The molecule has 0 aliphatic heterocycles. The van der Waals surface area contributed by atoms with Gasteiger partial charge in [-0.25, -0.2) is 0 Å². The average Bonchev–Trinajstić information content (AvgIpc) is 3.15. The number of carbonyl (C=O) groups excluding carboxylic acids is 1. The number of carbonyl (C=O) groups is 1. The van der Waals surface area contributed by atoms with Crippen molar-refractivity contribution >= 4 is 5.91 Å². The number of aromatic nitrogens is 3. The van der Waals surface area contributed by atoms with E-state index in [2.05, 4.69) is 20.4 Å². The van der Waals surface area contributed by atoms with E-state index in [1.54, 1.807) is 0 Å². The Morgan fingerprint density at radius 2 is 1.96 bits per heavy atom. The predicted molar refractivity (Wildman–Crippen MR) is 100 cm³/mol. The van der Waals surface area contributed by atoms with Gasteiger partial charge in [0, 0.05) is 24.1 Å². The van der Waals surface area contributed by atoms with E-state index in [1.165, 1.54) is 0 Å². The summed E-state index contributed by atoms with van der Waals surface area (Å²) in [4.78, 5) is 20.7. The highest BCUT2D eigenvalue weighted by Crippen LogP contribution is 2.20. The smallest absolute Gasteiger partial charge is 0.227 e. The van der Waals surface area contributed by atoms with Crippen molar-refractivity contribution in [1.29, 1.82) is 0 Å². The molecule has 140 valence electrons. The monoisotopic (exact) mass is 366 g/mol. The molecule has 0 spiro atoms. The topological polar surface area (TPSA) is 90.1 Å². The van der Waals surface area contributed by atoms with E-state index >= 15 is 0 Å². The number of benzene rings is 1. The second-order valence-corrected chi connectivity index (χ2v) is 6.02. The number of amides is 1. The second-order valence-electron chi connectivity index (χ2n) is 6.02. The molecule has 0 unspecified atom stereocenters. The van der Waals surface area contributed by atoms with E-state index in [4.69, 9.17) is 9.26 Å². The molecule has 0 fully saturated rings. The van der Waals surface area contributed by atoms with Gasteiger partial charge in [0.25, 0.3) is 0 Å². The molecule has 0 atom stereocenters. The van der Waals surface area contributed by atoms with Crippen molar-refractivity contribution in [3.05, 3.63) is 59.7 Å². The molecule has 3 aromatic rings. The summed E-state index contributed by atoms with van der Waals surface area (Å²) in [6.45, 7) is 4.88. The highest BCUT2D eigenvalue weighted by atomic mass is 16.5. The molecule has 7 nitrogen and oxygen atoms in total. The molecule has 0 bridgehead atoms. The number of nitrogens with one attached hydrogen (secondary N) is 1. The summed E-state index contributed by atoms with van der Waals surface area (Å²) in [6.07, 6.45) is 0.661. The molecule has 1 amide bonds. The van der Waals surface area contributed by atoms with Crippen molar-refractivity contribution in [2.75, 3.05) is 6.61 Å². The lowest BCUT2D eigenvalue weighted by Gasteiger charge is -2.04. The van der Waals surface area contributed by atoms with E-state index in [1.807, 2.05) is 56.3 Å². The van der Waals surface area contributed by atoms with Gasteiger partial charge in [0.15, 0.2) is 0 Å². The van der Waals surface area contributed by atoms with Crippen molar-refractivity contribution in [3.63, 3.8) is 0 Å². The summed E-state index contributed by atoms with van der Waals surface area (Å²) < 4.78 is 10.7. The van der Waals surface area contributed by atoms with Crippen LogP contribution in [0.3, 0.4) is 0 Å². The summed E-state index contributed by atoms with van der Waals surface area (Å²) in [5, 5.41) is 6.82. The maximum Gasteiger partial charge on any atom is 0.227 e. The molecule has 7 heteroatoms. The van der Waals surface area contributed by atoms with Gasteiger partial charge in [0.2, 0.25) is 17.6 Å². The highest BCUT2D eigenvalue weighted by Gasteiger charge is 2.11. The molecule has 0 aliphatic carbocycles. The fourth-order valence-corrected chi connectivity index (χ4v) is 2.54. The third-order valence-electron chi connectivity index (χ3n) is 3.87. The van der Waals surface area contributed by atoms with Crippen molar-refractivity contribution < 1.29 is 14.1 Å². The Bertz CT molecular complexity index is 890. The van der Waals surface area contributed by atoms with Crippen LogP contribution < -0.4 is 10.1 Å². The van der Waals surface area contributed by atoms with Crippen LogP contribution in [0.15, 0.2) is 47.0 Å². The Balaban J connectivity index is 1.49. The number of ether oxygens (including phenoxy) is 1. The van der Waals surface area contributed by atoms with Gasteiger partial charge in [-0.05, 0) is 50.2 Å². The van der Waals surface area contributed by atoms with Crippen LogP contribution in [0.1, 0.15) is 30.6 Å². The molecule has 1 aromatic carbocycles. The lowest BCUT2D eigenvalue weighted by molar-refractivity contribution is -0.121. The van der Waals surface area contributed by atoms with Crippen LogP contribution >= 0.6 is 0 Å². The van der Waals surface area contributed by atoms with E-state index in [0.717, 1.165) is 22.7 Å². The molecule has 0 saturated heterocycles. The van der Waals surface area contributed by atoms with Crippen molar-refractivity contribution in [1.82, 2.24) is 20.4 Å². The van der Waals surface area contributed by atoms with Crippen LogP contribution in [-0.4, -0.2) is 27.6 Å². The molecule has 2 heterocycles. The Labute approximate surface area is 157 Å².